The van der Waals surface area contributed by atoms with Crippen LogP contribution in [0.1, 0.15) is 0 Å². The van der Waals surface area contributed by atoms with E-state index in [1.807, 2.05) is 0 Å². The van der Waals surface area contributed by atoms with Crippen LogP contribution >= 0.6 is 0 Å². The Kier molecular flexibility index (Phi) is 10.7. The van der Waals surface area contributed by atoms with E-state index in [2.05, 4.69) is 0 Å². The first-order chi connectivity index (χ1) is 2.00. The zero-order valence-corrected chi connectivity index (χ0v) is 4.79. The molecule has 0 unspecified atom stereocenters. The Morgan fingerprint density at radius 3 is 0.857 bits per heavy atom. The summed E-state index contributed by atoms with van der Waals surface area (Å²) in [6, 6.07) is 0. The molecule has 0 saturated carbocycles. The summed E-state index contributed by atoms with van der Waals surface area (Å²) < 4.78 is 0. The van der Waals surface area contributed by atoms with Crippen molar-refractivity contribution < 1.29 is 24.7 Å². The van der Waals surface area contributed by atoms with Gasteiger partial charge in [0.1, 0.15) is 0 Å². The van der Waals surface area contributed by atoms with Gasteiger partial charge in [0, 0.05) is 18.9 Å². The molecule has 1 radical (unpaired) electrons. The third-order valence-corrected chi connectivity index (χ3v) is 0. The van der Waals surface area contributed by atoms with Gasteiger partial charge in [-0.15, -0.1) is 0 Å². The molecule has 41 valence electrons. The first-order valence-electron chi connectivity index (χ1n) is 0.894. The van der Waals surface area contributed by atoms with Crippen molar-refractivity contribution in [3.05, 3.63) is 0 Å². The van der Waals surface area contributed by atoms with Gasteiger partial charge in [-0.3, -0.25) is 0 Å². The van der Waals surface area contributed by atoms with Crippen LogP contribution in [0.15, 0.2) is 0 Å². The van der Waals surface area contributed by atoms with E-state index in [0.29, 0.717) is 0 Å². The Hall–Kier alpha value is 0.614. The normalized spacial score (nSPS) is 8.57. The molecule has 5 nitrogen and oxygen atoms in total. The van der Waals surface area contributed by atoms with E-state index in [4.69, 9.17) is 19.2 Å². The molecule has 0 amide bonds. The Labute approximate surface area is 53.2 Å². The third kappa shape index (κ3) is 373. The fourth-order valence-corrected chi connectivity index (χ4v) is 0. The first-order valence-corrected chi connectivity index (χ1v) is 2.68. The van der Waals surface area contributed by atoms with E-state index in [1.54, 1.807) is 0 Å². The van der Waals surface area contributed by atoms with Gasteiger partial charge in [0.15, 0.2) is 0 Å². The second kappa shape index (κ2) is 4.77. The van der Waals surface area contributed by atoms with Gasteiger partial charge in [-0.05, 0) is 0 Å². The molecule has 7 heavy (non-hydrogen) atoms. The van der Waals surface area contributed by atoms with Crippen LogP contribution in [0.5, 0.6) is 0 Å². The Morgan fingerprint density at radius 1 is 0.857 bits per heavy atom. The number of rotatable bonds is 0. The zero-order chi connectivity index (χ0) is 4.50. The quantitative estimate of drug-likeness (QED) is 0.246. The molecule has 0 aromatic heterocycles. The van der Waals surface area contributed by atoms with Crippen molar-refractivity contribution in [1.82, 2.24) is 0 Å². The minimum absolute atomic E-state index is 0. The average molecular weight is 121 g/mol. The van der Waals surface area contributed by atoms with Crippen molar-refractivity contribution in [1.29, 1.82) is 0 Å². The molecule has 0 aromatic rings. The van der Waals surface area contributed by atoms with Gasteiger partial charge in [-0.2, -0.15) is 0 Å². The summed E-state index contributed by atoms with van der Waals surface area (Å²) in [6.07, 6.45) is 0. The smallest absolute Gasteiger partial charge is 0.412 e. The van der Waals surface area contributed by atoms with E-state index in [1.165, 1.54) is 0 Å². The monoisotopic (exact) mass is 121 g/mol. The topological polar surface area (TPSA) is 112 Å². The molecular weight excluding hydrogens is 115 g/mol. The second-order valence-corrected chi connectivity index (χ2v) is 1.80. The van der Waals surface area contributed by atoms with Crippen LogP contribution in [0.3, 0.4) is 0 Å². The third-order valence-electron chi connectivity index (χ3n) is 0. The SMILES string of the molecule is O.O[Si](O)(O)O.[Li]. The molecule has 6 N–H and O–H groups in total. The summed E-state index contributed by atoms with van der Waals surface area (Å²) in [6.45, 7) is 0. The fraction of sp³-hybridized carbons (Fsp3) is 0. The maximum Gasteiger partial charge on any atom is 0.668 e. The van der Waals surface area contributed by atoms with Crippen molar-refractivity contribution in [2.75, 3.05) is 0 Å². The molecule has 0 aliphatic heterocycles. The van der Waals surface area contributed by atoms with Crippen molar-refractivity contribution in [2.24, 2.45) is 0 Å². The van der Waals surface area contributed by atoms with Crippen LogP contribution in [0.25, 0.3) is 0 Å². The van der Waals surface area contributed by atoms with Gasteiger partial charge in [0.2, 0.25) is 0 Å². The molecule has 0 fully saturated rings. The van der Waals surface area contributed by atoms with E-state index < -0.39 is 9.05 Å². The number of hydrogen-bond acceptors (Lipinski definition) is 4. The molecule has 0 aliphatic carbocycles. The van der Waals surface area contributed by atoms with E-state index in [0.717, 1.165) is 0 Å². The summed E-state index contributed by atoms with van der Waals surface area (Å²) in [5.74, 6) is 0. The maximum absolute atomic E-state index is 7.33. The molecule has 0 rings (SSSR count). The minimum atomic E-state index is -4.61. The second-order valence-electron chi connectivity index (χ2n) is 0.600. The molecular formula is H6LiO5Si. The van der Waals surface area contributed by atoms with E-state index >= 15 is 0 Å². The molecule has 0 saturated heterocycles. The summed E-state index contributed by atoms with van der Waals surface area (Å²) >= 11 is 0. The van der Waals surface area contributed by atoms with E-state index in [-0.39, 0.29) is 24.3 Å². The molecule has 7 heteroatoms. The summed E-state index contributed by atoms with van der Waals surface area (Å²) in [7, 11) is -4.61. The van der Waals surface area contributed by atoms with Crippen molar-refractivity contribution in [3.63, 3.8) is 0 Å². The van der Waals surface area contributed by atoms with Gasteiger partial charge >= 0.3 is 9.05 Å². The zero-order valence-electron chi connectivity index (χ0n) is 3.79. The van der Waals surface area contributed by atoms with Crippen LogP contribution < -0.4 is 0 Å². The van der Waals surface area contributed by atoms with Gasteiger partial charge < -0.3 is 24.7 Å². The minimum Gasteiger partial charge on any atom is -0.412 e. The molecule has 0 bridgehead atoms. The molecule has 0 atom stereocenters. The van der Waals surface area contributed by atoms with Crippen LogP contribution in [0.4, 0.5) is 0 Å². The first kappa shape index (κ1) is 15.6. The predicted octanol–water partition coefficient (Wildman–Crippen LogP) is -3.81. The Balaban J connectivity index is -0.0000000800. The van der Waals surface area contributed by atoms with Crippen LogP contribution in [-0.4, -0.2) is 52.6 Å². The summed E-state index contributed by atoms with van der Waals surface area (Å²) in [5, 5.41) is 0. The molecule has 0 spiro atoms. The van der Waals surface area contributed by atoms with Crippen molar-refractivity contribution >= 4 is 27.9 Å². The average Bonchev–Trinajstić information content (AvgIpc) is 0.722. The number of hydrogen-bond donors (Lipinski definition) is 4. The largest absolute Gasteiger partial charge is 0.668 e. The van der Waals surface area contributed by atoms with Gasteiger partial charge in [-0.25, -0.2) is 0 Å². The van der Waals surface area contributed by atoms with Crippen molar-refractivity contribution in [3.8, 4) is 0 Å². The van der Waals surface area contributed by atoms with Crippen LogP contribution in [0, 0.1) is 0 Å². The Morgan fingerprint density at radius 2 is 0.857 bits per heavy atom. The fourth-order valence-electron chi connectivity index (χ4n) is 0. The Bertz CT molecular complexity index is 23.6. The van der Waals surface area contributed by atoms with Crippen LogP contribution in [0.2, 0.25) is 0 Å². The summed E-state index contributed by atoms with van der Waals surface area (Å²) in [4.78, 5) is 29.3. The molecule has 0 aliphatic rings. The van der Waals surface area contributed by atoms with E-state index in [9.17, 15) is 0 Å². The van der Waals surface area contributed by atoms with Gasteiger partial charge in [-0.1, -0.05) is 0 Å². The van der Waals surface area contributed by atoms with Gasteiger partial charge in [0.25, 0.3) is 0 Å². The van der Waals surface area contributed by atoms with Crippen molar-refractivity contribution in [2.45, 2.75) is 0 Å². The molecule has 0 heterocycles. The maximum atomic E-state index is 7.33. The predicted molar refractivity (Wildman–Crippen MR) is 24.0 cm³/mol. The van der Waals surface area contributed by atoms with Gasteiger partial charge in [0.05, 0.1) is 0 Å². The standard InChI is InChI=1S/Li.H4O4Si.H2O/c;1-5(2,3)4;/h;1-4H;1H2. The summed E-state index contributed by atoms with van der Waals surface area (Å²) in [5.41, 5.74) is 0. The van der Waals surface area contributed by atoms with Crippen LogP contribution in [-0.2, 0) is 0 Å². The molecule has 0 aromatic carbocycles.